The third-order valence-corrected chi connectivity index (χ3v) is 3.80. The van der Waals surface area contributed by atoms with Gasteiger partial charge in [0.25, 0.3) is 0 Å². The molecule has 0 amide bonds. The predicted molar refractivity (Wildman–Crippen MR) is 61.2 cm³/mol. The molecule has 7 heteroatoms. The van der Waals surface area contributed by atoms with E-state index in [1.54, 1.807) is 0 Å². The Morgan fingerprint density at radius 1 is 1.35 bits per heavy atom. The van der Waals surface area contributed by atoms with Crippen LogP contribution >= 0.6 is 7.60 Å². The molecule has 0 aliphatic rings. The summed E-state index contributed by atoms with van der Waals surface area (Å²) in [6.45, 7) is 4.59. The molecule has 100 valence electrons. The molecule has 0 aromatic rings. The molecule has 0 aliphatic carbocycles. The molecule has 0 bridgehead atoms. The number of hydrogen-bond donors (Lipinski definition) is 2. The fourth-order valence-corrected chi connectivity index (χ4v) is 2.73. The summed E-state index contributed by atoms with van der Waals surface area (Å²) >= 11 is 0. The van der Waals surface area contributed by atoms with Crippen LogP contribution in [0.1, 0.15) is 33.6 Å². The van der Waals surface area contributed by atoms with Crippen LogP contribution in [0.15, 0.2) is 11.4 Å². The number of esters is 1. The van der Waals surface area contributed by atoms with Crippen LogP contribution in [0.25, 0.3) is 0 Å². The second-order valence-corrected chi connectivity index (χ2v) is 5.23. The van der Waals surface area contributed by atoms with Crippen molar-refractivity contribution >= 4 is 13.6 Å². The Balaban J connectivity index is 5.35. The average molecular weight is 268 g/mol. The van der Waals surface area contributed by atoms with Crippen molar-refractivity contribution in [2.75, 3.05) is 6.61 Å². The highest BCUT2D eigenvalue weighted by atomic mass is 31.2. The minimum Gasteiger partial charge on any atom is -0.461 e. The Kier molecular flexibility index (Phi) is 6.60. The maximum absolute atomic E-state index is 13.7. The SMILES string of the molecule is CCOC(=O)C(F)=C(CC)C(CC)P(=O)(O)O. The minimum atomic E-state index is -4.47. The first kappa shape index (κ1) is 16.3. The van der Waals surface area contributed by atoms with Crippen LogP contribution in [0.4, 0.5) is 4.39 Å². The van der Waals surface area contributed by atoms with E-state index in [9.17, 15) is 13.8 Å². The zero-order valence-electron chi connectivity index (χ0n) is 10.1. The summed E-state index contributed by atoms with van der Waals surface area (Å²) < 4.78 is 29.3. The summed E-state index contributed by atoms with van der Waals surface area (Å²) in [5.74, 6) is -2.36. The van der Waals surface area contributed by atoms with Crippen LogP contribution in [-0.2, 0) is 14.1 Å². The number of carbonyl (C=O) groups excluding carboxylic acids is 1. The monoisotopic (exact) mass is 268 g/mol. The maximum atomic E-state index is 13.7. The van der Waals surface area contributed by atoms with Gasteiger partial charge in [0.15, 0.2) is 0 Å². The lowest BCUT2D eigenvalue weighted by atomic mass is 10.1. The van der Waals surface area contributed by atoms with Crippen LogP contribution in [-0.4, -0.2) is 28.0 Å². The summed E-state index contributed by atoms with van der Waals surface area (Å²) in [6.07, 6.45) is 0.106. The highest BCUT2D eigenvalue weighted by Gasteiger charge is 2.33. The third-order valence-electron chi connectivity index (χ3n) is 2.31. The highest BCUT2D eigenvalue weighted by Crippen LogP contribution is 2.48. The van der Waals surface area contributed by atoms with Gasteiger partial charge in [0.05, 0.1) is 12.3 Å². The van der Waals surface area contributed by atoms with Gasteiger partial charge in [-0.1, -0.05) is 13.8 Å². The zero-order chi connectivity index (χ0) is 13.6. The Hall–Kier alpha value is -0.710. The van der Waals surface area contributed by atoms with Crippen molar-refractivity contribution in [1.82, 2.24) is 0 Å². The van der Waals surface area contributed by atoms with Crippen LogP contribution in [0.2, 0.25) is 0 Å². The Bertz CT molecular complexity index is 347. The summed E-state index contributed by atoms with van der Waals surface area (Å²) in [7, 11) is -4.47. The van der Waals surface area contributed by atoms with E-state index in [4.69, 9.17) is 9.79 Å². The number of rotatable bonds is 6. The van der Waals surface area contributed by atoms with Gasteiger partial charge in [-0.25, -0.2) is 4.79 Å². The molecule has 0 radical (unpaired) electrons. The van der Waals surface area contributed by atoms with E-state index in [1.165, 1.54) is 20.8 Å². The van der Waals surface area contributed by atoms with Crippen LogP contribution in [0, 0.1) is 0 Å². The molecule has 0 spiro atoms. The first-order valence-corrected chi connectivity index (χ1v) is 7.08. The molecule has 2 N–H and O–H groups in total. The molecule has 0 aliphatic heterocycles. The van der Waals surface area contributed by atoms with Gasteiger partial charge < -0.3 is 14.5 Å². The van der Waals surface area contributed by atoms with Gasteiger partial charge in [0.1, 0.15) is 0 Å². The molecule has 0 saturated heterocycles. The second-order valence-electron chi connectivity index (χ2n) is 3.43. The van der Waals surface area contributed by atoms with E-state index in [0.717, 1.165) is 0 Å². The van der Waals surface area contributed by atoms with E-state index in [-0.39, 0.29) is 25.0 Å². The normalized spacial score (nSPS) is 15.2. The van der Waals surface area contributed by atoms with Gasteiger partial charge in [-0.15, -0.1) is 0 Å². The van der Waals surface area contributed by atoms with Crippen molar-refractivity contribution in [2.45, 2.75) is 39.3 Å². The first-order valence-electron chi connectivity index (χ1n) is 5.40. The number of hydrogen-bond acceptors (Lipinski definition) is 3. The standard InChI is InChI=1S/C10H18FO5P/c1-4-7(8(5-2)17(13,14)15)9(11)10(12)16-6-3/h8H,4-6H2,1-3H3,(H2,13,14,15). The van der Waals surface area contributed by atoms with Crippen molar-refractivity contribution in [2.24, 2.45) is 0 Å². The van der Waals surface area contributed by atoms with Crippen molar-refractivity contribution in [3.63, 3.8) is 0 Å². The quantitative estimate of drug-likeness (QED) is 0.438. The summed E-state index contributed by atoms with van der Waals surface area (Å²) in [5.41, 5.74) is -1.45. The third kappa shape index (κ3) is 4.58. The number of halogens is 1. The summed E-state index contributed by atoms with van der Waals surface area (Å²) in [5, 5.41) is 0. The maximum Gasteiger partial charge on any atom is 0.367 e. The number of carbonyl (C=O) groups is 1. The van der Waals surface area contributed by atoms with Crippen LogP contribution in [0.3, 0.4) is 0 Å². The highest BCUT2D eigenvalue weighted by molar-refractivity contribution is 7.52. The molecule has 0 aromatic carbocycles. The van der Waals surface area contributed by atoms with Crippen molar-refractivity contribution < 1.29 is 28.3 Å². The molecule has 5 nitrogen and oxygen atoms in total. The number of allylic oxidation sites excluding steroid dienone is 1. The average Bonchev–Trinajstić information content (AvgIpc) is 2.23. The lowest BCUT2D eigenvalue weighted by molar-refractivity contribution is -0.140. The van der Waals surface area contributed by atoms with E-state index in [0.29, 0.717) is 0 Å². The molecule has 1 atom stereocenters. The predicted octanol–water partition coefficient (Wildman–Crippen LogP) is 2.14. The largest absolute Gasteiger partial charge is 0.461 e. The van der Waals surface area contributed by atoms with Gasteiger partial charge in [0, 0.05) is 0 Å². The molecular formula is C10H18FO5P. The molecule has 0 rings (SSSR count). The van der Waals surface area contributed by atoms with Crippen molar-refractivity contribution in [3.8, 4) is 0 Å². The van der Waals surface area contributed by atoms with E-state index in [1.807, 2.05) is 0 Å². The van der Waals surface area contributed by atoms with Gasteiger partial charge in [-0.05, 0) is 25.3 Å². The fourth-order valence-electron chi connectivity index (χ4n) is 1.55. The molecule has 0 fully saturated rings. The van der Waals surface area contributed by atoms with E-state index >= 15 is 0 Å². The Morgan fingerprint density at radius 2 is 1.88 bits per heavy atom. The summed E-state index contributed by atoms with van der Waals surface area (Å²) in [4.78, 5) is 29.4. The molecule has 17 heavy (non-hydrogen) atoms. The topological polar surface area (TPSA) is 83.8 Å². The number of ether oxygens (including phenoxy) is 1. The summed E-state index contributed by atoms with van der Waals surface area (Å²) in [6, 6.07) is 0. The lowest BCUT2D eigenvalue weighted by Gasteiger charge is -2.19. The van der Waals surface area contributed by atoms with Gasteiger partial charge in [-0.3, -0.25) is 4.57 Å². The first-order chi connectivity index (χ1) is 7.79. The molecule has 0 saturated carbocycles. The van der Waals surface area contributed by atoms with Gasteiger partial charge in [0.2, 0.25) is 5.83 Å². The van der Waals surface area contributed by atoms with Crippen molar-refractivity contribution in [1.29, 1.82) is 0 Å². The smallest absolute Gasteiger partial charge is 0.367 e. The van der Waals surface area contributed by atoms with E-state index < -0.39 is 25.1 Å². The van der Waals surface area contributed by atoms with Crippen LogP contribution < -0.4 is 0 Å². The Labute approximate surface area is 99.8 Å². The lowest BCUT2D eigenvalue weighted by Crippen LogP contribution is -2.16. The second kappa shape index (κ2) is 6.89. The molecular weight excluding hydrogens is 250 g/mol. The molecule has 0 aromatic heterocycles. The molecule has 1 unspecified atom stereocenters. The zero-order valence-corrected chi connectivity index (χ0v) is 11.0. The van der Waals surface area contributed by atoms with Crippen molar-refractivity contribution in [3.05, 3.63) is 11.4 Å². The fraction of sp³-hybridized carbons (Fsp3) is 0.700. The Morgan fingerprint density at radius 3 is 2.18 bits per heavy atom. The molecule has 0 heterocycles. The van der Waals surface area contributed by atoms with Gasteiger partial charge in [-0.2, -0.15) is 4.39 Å². The van der Waals surface area contributed by atoms with Crippen LogP contribution in [0.5, 0.6) is 0 Å². The van der Waals surface area contributed by atoms with Gasteiger partial charge >= 0.3 is 13.6 Å². The van der Waals surface area contributed by atoms with E-state index in [2.05, 4.69) is 4.74 Å². The minimum absolute atomic E-state index is 0.00987.